The van der Waals surface area contributed by atoms with Gasteiger partial charge < -0.3 is 26.0 Å². The van der Waals surface area contributed by atoms with Crippen LogP contribution in [0.25, 0.3) is 11.1 Å². The summed E-state index contributed by atoms with van der Waals surface area (Å²) < 4.78 is 42.0. The van der Waals surface area contributed by atoms with Gasteiger partial charge in [-0.15, -0.1) is 0 Å². The highest BCUT2D eigenvalue weighted by Crippen LogP contribution is 2.45. The molecule has 0 radical (unpaired) electrons. The van der Waals surface area contributed by atoms with E-state index in [9.17, 15) is 23.1 Å². The molecule has 5 rings (SSSR count). The topological polar surface area (TPSA) is 81.8 Å². The van der Waals surface area contributed by atoms with Crippen LogP contribution in [0, 0.1) is 29.3 Å². The zero-order valence-corrected chi connectivity index (χ0v) is 20.4. The molecule has 3 aromatic rings. The summed E-state index contributed by atoms with van der Waals surface area (Å²) in [6.45, 7) is 1.74. The lowest BCUT2D eigenvalue weighted by Gasteiger charge is -2.55. The van der Waals surface area contributed by atoms with Gasteiger partial charge >= 0.3 is 6.03 Å². The molecule has 37 heavy (non-hydrogen) atoms. The number of amides is 2. The Balaban J connectivity index is 1.39. The fourth-order valence-corrected chi connectivity index (χ4v) is 5.78. The van der Waals surface area contributed by atoms with Crippen LogP contribution in [0.1, 0.15) is 11.1 Å². The molecular weight excluding hydrogens is 481 g/mol. The van der Waals surface area contributed by atoms with Crippen LogP contribution in [-0.4, -0.2) is 54.2 Å². The van der Waals surface area contributed by atoms with Crippen molar-refractivity contribution in [2.45, 2.75) is 12.1 Å². The van der Waals surface area contributed by atoms with E-state index in [1.54, 1.807) is 35.2 Å². The van der Waals surface area contributed by atoms with Gasteiger partial charge in [0, 0.05) is 67.4 Å². The van der Waals surface area contributed by atoms with E-state index >= 15 is 0 Å². The molecule has 0 aromatic heterocycles. The first kappa shape index (κ1) is 25.3. The fourth-order valence-electron chi connectivity index (χ4n) is 5.78. The SMILES string of the molecule is CN1C[C@@H]2CN(C(=O)Nc3cc(F)cc(F)c3)C[C@H](C1)[C@@]2(O)c1ccc(-c2cccc(CN)c2F)cc1. The van der Waals surface area contributed by atoms with Crippen LogP contribution in [0.2, 0.25) is 0 Å². The summed E-state index contributed by atoms with van der Waals surface area (Å²) in [6.07, 6.45) is 0. The van der Waals surface area contributed by atoms with Crippen LogP contribution >= 0.6 is 0 Å². The highest BCUT2D eigenvalue weighted by Gasteiger charge is 2.53. The molecule has 2 saturated heterocycles. The van der Waals surface area contributed by atoms with Crippen LogP contribution in [0.4, 0.5) is 23.7 Å². The fraction of sp³-hybridized carbons (Fsp3) is 0.321. The first-order chi connectivity index (χ1) is 17.7. The standard InChI is InChI=1S/C28H29F3N4O2/c1-34-13-20-15-35(27(36)33-24-10-22(29)9-23(30)11-24)16-21(14-34)28(20,37)19-7-5-17(6-8-19)25-4-2-3-18(12-32)26(25)31/h2-11,20-21,37H,12-16,32H2,1H3,(H,33,36)/t20-,21+,28-. The third-order valence-electron chi connectivity index (χ3n) is 7.55. The Labute approximate surface area is 213 Å². The molecule has 6 nitrogen and oxygen atoms in total. The summed E-state index contributed by atoms with van der Waals surface area (Å²) in [4.78, 5) is 16.7. The molecule has 0 saturated carbocycles. The van der Waals surface area contributed by atoms with Gasteiger partial charge in [0.15, 0.2) is 0 Å². The lowest BCUT2D eigenvalue weighted by atomic mass is 9.66. The zero-order valence-electron chi connectivity index (χ0n) is 20.4. The smallest absolute Gasteiger partial charge is 0.321 e. The summed E-state index contributed by atoms with van der Waals surface area (Å²) in [7, 11) is 1.97. The molecule has 3 aromatic carbocycles. The van der Waals surface area contributed by atoms with Crippen molar-refractivity contribution in [1.82, 2.24) is 9.80 Å². The van der Waals surface area contributed by atoms with Crippen molar-refractivity contribution in [3.8, 4) is 11.1 Å². The van der Waals surface area contributed by atoms with Gasteiger partial charge in [0.2, 0.25) is 0 Å². The molecule has 2 amide bonds. The lowest BCUT2D eigenvalue weighted by Crippen LogP contribution is -2.65. The number of piperidine rings is 2. The van der Waals surface area contributed by atoms with Crippen molar-refractivity contribution in [2.75, 3.05) is 38.5 Å². The first-order valence-corrected chi connectivity index (χ1v) is 12.2. The van der Waals surface area contributed by atoms with Crippen LogP contribution in [0.5, 0.6) is 0 Å². The number of nitrogens with two attached hydrogens (primary N) is 1. The van der Waals surface area contributed by atoms with E-state index in [2.05, 4.69) is 10.2 Å². The summed E-state index contributed by atoms with van der Waals surface area (Å²) >= 11 is 0. The number of urea groups is 1. The number of halogens is 3. The van der Waals surface area contributed by atoms with Crippen LogP contribution in [0.3, 0.4) is 0 Å². The number of hydrogen-bond donors (Lipinski definition) is 3. The van der Waals surface area contributed by atoms with E-state index in [1.165, 1.54) is 0 Å². The van der Waals surface area contributed by atoms with Gasteiger partial charge in [-0.05, 0) is 30.3 Å². The van der Waals surface area contributed by atoms with E-state index in [0.29, 0.717) is 35.3 Å². The largest absolute Gasteiger partial charge is 0.384 e. The van der Waals surface area contributed by atoms with Crippen LogP contribution in [0.15, 0.2) is 60.7 Å². The number of rotatable bonds is 4. The van der Waals surface area contributed by atoms with Crippen molar-refractivity contribution in [3.63, 3.8) is 0 Å². The summed E-state index contributed by atoms with van der Waals surface area (Å²) in [6, 6.07) is 14.7. The number of nitrogens with one attached hydrogen (secondary N) is 1. The third kappa shape index (κ3) is 4.70. The molecule has 4 N–H and O–H groups in total. The average molecular weight is 511 g/mol. The van der Waals surface area contributed by atoms with E-state index in [0.717, 1.165) is 18.2 Å². The Bertz CT molecular complexity index is 1280. The predicted octanol–water partition coefficient (Wildman–Crippen LogP) is 4.14. The molecule has 194 valence electrons. The number of anilines is 1. The van der Waals surface area contributed by atoms with E-state index in [1.807, 2.05) is 19.2 Å². The van der Waals surface area contributed by atoms with Crippen molar-refractivity contribution >= 4 is 11.7 Å². The summed E-state index contributed by atoms with van der Waals surface area (Å²) in [5.74, 6) is -2.52. The Kier molecular flexibility index (Phi) is 6.70. The number of fused-ring (bicyclic) bond motifs is 2. The zero-order chi connectivity index (χ0) is 26.3. The maximum absolute atomic E-state index is 14.8. The van der Waals surface area contributed by atoms with Crippen molar-refractivity contribution in [1.29, 1.82) is 0 Å². The molecule has 2 bridgehead atoms. The van der Waals surface area contributed by atoms with Gasteiger partial charge in [-0.1, -0.05) is 42.5 Å². The molecule has 2 heterocycles. The number of benzene rings is 3. The van der Waals surface area contributed by atoms with Crippen LogP contribution in [-0.2, 0) is 12.1 Å². The normalized spacial score (nSPS) is 23.7. The van der Waals surface area contributed by atoms with Crippen LogP contribution < -0.4 is 11.1 Å². The third-order valence-corrected chi connectivity index (χ3v) is 7.55. The molecule has 9 heteroatoms. The monoisotopic (exact) mass is 510 g/mol. The van der Waals surface area contributed by atoms with Crippen molar-refractivity contribution in [3.05, 3.63) is 89.2 Å². The van der Waals surface area contributed by atoms with Gasteiger partial charge in [0.1, 0.15) is 23.1 Å². The number of hydrogen-bond acceptors (Lipinski definition) is 4. The second-order valence-corrected chi connectivity index (χ2v) is 9.99. The van der Waals surface area contributed by atoms with Crippen molar-refractivity contribution in [2.24, 2.45) is 17.6 Å². The van der Waals surface area contributed by atoms with Gasteiger partial charge in [0.05, 0.1) is 0 Å². The minimum absolute atomic E-state index is 0.0344. The Morgan fingerprint density at radius 3 is 2.22 bits per heavy atom. The molecule has 2 aliphatic heterocycles. The maximum Gasteiger partial charge on any atom is 0.321 e. The number of carbonyl (C=O) groups is 1. The highest BCUT2D eigenvalue weighted by atomic mass is 19.1. The van der Waals surface area contributed by atoms with E-state index in [4.69, 9.17) is 5.73 Å². The predicted molar refractivity (Wildman–Crippen MR) is 135 cm³/mol. The second kappa shape index (κ2) is 9.81. The quantitative estimate of drug-likeness (QED) is 0.493. The minimum atomic E-state index is -1.19. The maximum atomic E-state index is 14.8. The number of aliphatic hydroxyl groups is 1. The molecule has 2 fully saturated rings. The summed E-state index contributed by atoms with van der Waals surface area (Å²) in [5.41, 5.74) is 6.76. The molecule has 3 atom stereocenters. The molecule has 2 aliphatic rings. The molecular formula is C28H29F3N4O2. The molecule has 0 unspecified atom stereocenters. The lowest BCUT2D eigenvalue weighted by molar-refractivity contribution is -0.153. The Morgan fingerprint density at radius 2 is 1.62 bits per heavy atom. The second-order valence-electron chi connectivity index (χ2n) is 9.99. The number of nitrogens with zero attached hydrogens (tertiary/aromatic N) is 2. The minimum Gasteiger partial charge on any atom is -0.384 e. The Morgan fingerprint density at radius 1 is 1.00 bits per heavy atom. The molecule has 0 spiro atoms. The van der Waals surface area contributed by atoms with E-state index in [-0.39, 0.29) is 43.0 Å². The van der Waals surface area contributed by atoms with Crippen molar-refractivity contribution < 1.29 is 23.1 Å². The summed E-state index contributed by atoms with van der Waals surface area (Å²) in [5, 5.41) is 14.6. The highest BCUT2D eigenvalue weighted by molar-refractivity contribution is 5.89. The number of carbonyl (C=O) groups excluding carboxylic acids is 1. The van der Waals surface area contributed by atoms with Gasteiger partial charge in [-0.2, -0.15) is 0 Å². The van der Waals surface area contributed by atoms with Gasteiger partial charge in [0.25, 0.3) is 0 Å². The van der Waals surface area contributed by atoms with Gasteiger partial charge in [-0.3, -0.25) is 0 Å². The van der Waals surface area contributed by atoms with E-state index < -0.39 is 23.3 Å². The van der Waals surface area contributed by atoms with Gasteiger partial charge in [-0.25, -0.2) is 18.0 Å². The first-order valence-electron chi connectivity index (χ1n) is 12.2. The number of likely N-dealkylation sites (tertiary alicyclic amines) is 2. The average Bonchev–Trinajstić information content (AvgIpc) is 2.84. The Hall–Kier alpha value is -3.40. The molecule has 0 aliphatic carbocycles.